The lowest BCUT2D eigenvalue weighted by molar-refractivity contribution is -0.0499. The van der Waals surface area contributed by atoms with Gasteiger partial charge in [0.05, 0.1) is 5.71 Å². The minimum Gasteiger partial charge on any atom is -0.434 e. The molecule has 0 aliphatic heterocycles. The number of aromatic nitrogens is 3. The van der Waals surface area contributed by atoms with E-state index in [0.717, 1.165) is 0 Å². The molecule has 22 heavy (non-hydrogen) atoms. The summed E-state index contributed by atoms with van der Waals surface area (Å²) in [4.78, 5) is 13.8. The summed E-state index contributed by atoms with van der Waals surface area (Å²) in [6.07, 6.45) is 0. The second-order valence-corrected chi connectivity index (χ2v) is 4.27. The molecule has 0 unspecified atom stereocenters. The van der Waals surface area contributed by atoms with Crippen molar-refractivity contribution in [3.8, 4) is 5.75 Å². The highest BCUT2D eigenvalue weighted by Gasteiger charge is 2.11. The van der Waals surface area contributed by atoms with E-state index in [9.17, 15) is 13.6 Å². The maximum atomic E-state index is 12.4. The van der Waals surface area contributed by atoms with Gasteiger partial charge in [0.25, 0.3) is 5.56 Å². The van der Waals surface area contributed by atoms with Gasteiger partial charge < -0.3 is 4.74 Å². The molecular weight excluding hydrogens is 296 g/mol. The van der Waals surface area contributed by atoms with Gasteiger partial charge in [-0.1, -0.05) is 12.1 Å². The molecule has 9 heteroatoms. The third-order valence-electron chi connectivity index (χ3n) is 2.68. The highest BCUT2D eigenvalue weighted by molar-refractivity contribution is 6.01. The number of para-hydroxylation sites is 1. The third-order valence-corrected chi connectivity index (χ3v) is 2.68. The highest BCUT2D eigenvalue weighted by Crippen LogP contribution is 2.21. The number of anilines is 1. The van der Waals surface area contributed by atoms with Crippen molar-refractivity contribution in [3.05, 3.63) is 45.9 Å². The summed E-state index contributed by atoms with van der Waals surface area (Å²) < 4.78 is 29.1. The van der Waals surface area contributed by atoms with Crippen LogP contribution in [0.1, 0.15) is 18.2 Å². The lowest BCUT2D eigenvalue weighted by atomic mass is 10.1. The van der Waals surface area contributed by atoms with Gasteiger partial charge >= 0.3 is 6.61 Å². The standard InChI is InChI=1S/C13H13F2N5O2/c1-7(9-5-3-4-6-10(9)22-12(14)15)17-19-13-16-11(21)8(2)18-20-13/h3-6,12H,1-2H3,(H2,16,19,20,21)/b17-7-. The van der Waals surface area contributed by atoms with Crippen LogP contribution in [0.4, 0.5) is 14.7 Å². The van der Waals surface area contributed by atoms with Crippen molar-refractivity contribution >= 4 is 11.7 Å². The molecule has 1 heterocycles. The number of ether oxygens (including phenoxy) is 1. The van der Waals surface area contributed by atoms with Gasteiger partial charge in [0.1, 0.15) is 11.4 Å². The fourth-order valence-corrected chi connectivity index (χ4v) is 1.61. The number of alkyl halides is 2. The number of nitrogens with one attached hydrogen (secondary N) is 2. The van der Waals surface area contributed by atoms with Gasteiger partial charge in [-0.05, 0) is 26.0 Å². The lowest BCUT2D eigenvalue weighted by Gasteiger charge is -2.10. The minimum atomic E-state index is -2.93. The average Bonchev–Trinajstić information content (AvgIpc) is 2.48. The van der Waals surface area contributed by atoms with Crippen molar-refractivity contribution in [1.29, 1.82) is 0 Å². The van der Waals surface area contributed by atoms with Crippen LogP contribution >= 0.6 is 0 Å². The second-order valence-electron chi connectivity index (χ2n) is 4.27. The average molecular weight is 309 g/mol. The van der Waals surface area contributed by atoms with Crippen LogP contribution in [0.25, 0.3) is 0 Å². The Morgan fingerprint density at radius 3 is 2.77 bits per heavy atom. The maximum absolute atomic E-state index is 12.4. The van der Waals surface area contributed by atoms with Crippen LogP contribution in [-0.4, -0.2) is 27.5 Å². The molecule has 2 aromatic rings. The summed E-state index contributed by atoms with van der Waals surface area (Å²) in [6.45, 7) is 0.184. The molecule has 7 nitrogen and oxygen atoms in total. The Morgan fingerprint density at radius 2 is 2.09 bits per heavy atom. The lowest BCUT2D eigenvalue weighted by Crippen LogP contribution is -2.16. The van der Waals surface area contributed by atoms with E-state index in [1.54, 1.807) is 25.1 Å². The van der Waals surface area contributed by atoms with E-state index in [1.807, 2.05) is 0 Å². The molecule has 0 amide bonds. The van der Waals surface area contributed by atoms with E-state index in [4.69, 9.17) is 0 Å². The van der Waals surface area contributed by atoms with Crippen molar-refractivity contribution in [2.24, 2.45) is 5.10 Å². The zero-order valence-corrected chi connectivity index (χ0v) is 11.8. The second kappa shape index (κ2) is 6.74. The Bertz CT molecular complexity index is 745. The molecule has 0 bridgehead atoms. The number of aryl methyl sites for hydroxylation is 1. The quantitative estimate of drug-likeness (QED) is 0.650. The number of aromatic amines is 1. The van der Waals surface area contributed by atoms with Gasteiger partial charge in [-0.25, -0.2) is 5.43 Å². The fourth-order valence-electron chi connectivity index (χ4n) is 1.61. The molecule has 1 aromatic heterocycles. The summed E-state index contributed by atoms with van der Waals surface area (Å²) >= 11 is 0. The van der Waals surface area contributed by atoms with E-state index < -0.39 is 12.2 Å². The molecule has 0 aliphatic carbocycles. The molecule has 0 fully saturated rings. The zero-order chi connectivity index (χ0) is 16.1. The zero-order valence-electron chi connectivity index (χ0n) is 11.8. The van der Waals surface area contributed by atoms with E-state index in [0.29, 0.717) is 11.3 Å². The summed E-state index contributed by atoms with van der Waals surface area (Å²) in [5.41, 5.74) is 3.10. The molecule has 0 aliphatic rings. The van der Waals surface area contributed by atoms with Crippen molar-refractivity contribution in [2.45, 2.75) is 20.5 Å². The summed E-state index contributed by atoms with van der Waals surface area (Å²) in [7, 11) is 0. The first-order valence-corrected chi connectivity index (χ1v) is 6.25. The monoisotopic (exact) mass is 309 g/mol. The van der Waals surface area contributed by atoms with Gasteiger partial charge in [0, 0.05) is 5.56 Å². The molecule has 1 aromatic carbocycles. The van der Waals surface area contributed by atoms with Crippen LogP contribution in [0.15, 0.2) is 34.2 Å². The molecule has 0 saturated carbocycles. The molecule has 0 saturated heterocycles. The van der Waals surface area contributed by atoms with E-state index in [2.05, 4.69) is 30.4 Å². The predicted molar refractivity (Wildman–Crippen MR) is 76.3 cm³/mol. The van der Waals surface area contributed by atoms with Crippen molar-refractivity contribution in [2.75, 3.05) is 5.43 Å². The van der Waals surface area contributed by atoms with Gasteiger partial charge in [0.15, 0.2) is 0 Å². The fraction of sp³-hybridized carbons (Fsp3) is 0.231. The van der Waals surface area contributed by atoms with Crippen molar-refractivity contribution in [1.82, 2.24) is 15.2 Å². The Labute approximate surface area is 124 Å². The van der Waals surface area contributed by atoms with Gasteiger partial charge in [-0.2, -0.15) is 13.9 Å². The van der Waals surface area contributed by atoms with Crippen molar-refractivity contribution in [3.63, 3.8) is 0 Å². The van der Waals surface area contributed by atoms with Gasteiger partial charge in [0.2, 0.25) is 5.95 Å². The molecule has 2 rings (SSSR count). The van der Waals surface area contributed by atoms with Gasteiger partial charge in [-0.3, -0.25) is 9.78 Å². The number of rotatable bonds is 5. The smallest absolute Gasteiger partial charge is 0.387 e. The van der Waals surface area contributed by atoms with Crippen LogP contribution in [0, 0.1) is 6.92 Å². The highest BCUT2D eigenvalue weighted by atomic mass is 19.3. The van der Waals surface area contributed by atoms with Crippen LogP contribution in [0.2, 0.25) is 0 Å². The van der Waals surface area contributed by atoms with Gasteiger partial charge in [-0.15, -0.1) is 10.2 Å². The first-order valence-electron chi connectivity index (χ1n) is 6.25. The number of halogens is 2. The normalized spacial score (nSPS) is 11.6. The van der Waals surface area contributed by atoms with Crippen molar-refractivity contribution < 1.29 is 13.5 Å². The van der Waals surface area contributed by atoms with E-state index >= 15 is 0 Å². The Morgan fingerprint density at radius 1 is 1.36 bits per heavy atom. The largest absolute Gasteiger partial charge is 0.434 e. The first-order chi connectivity index (χ1) is 10.5. The SMILES string of the molecule is C/C(=N/Nc1nnc(C)c(=O)[nH]1)c1ccccc1OC(F)F. The number of hydrogen-bond acceptors (Lipinski definition) is 6. The van der Waals surface area contributed by atoms with Crippen LogP contribution < -0.4 is 15.7 Å². The molecular formula is C13H13F2N5O2. The van der Waals surface area contributed by atoms with Crippen LogP contribution in [0.3, 0.4) is 0 Å². The minimum absolute atomic E-state index is 0.00373. The van der Waals surface area contributed by atoms with Crippen LogP contribution in [-0.2, 0) is 0 Å². The molecule has 2 N–H and O–H groups in total. The topological polar surface area (TPSA) is 92.3 Å². The Kier molecular flexibility index (Phi) is 4.77. The number of H-pyrrole nitrogens is 1. The predicted octanol–water partition coefficient (Wildman–Crippen LogP) is 1.91. The Hall–Kier alpha value is -2.84. The number of hydrazone groups is 1. The molecule has 116 valence electrons. The molecule has 0 spiro atoms. The third kappa shape index (κ3) is 3.84. The van der Waals surface area contributed by atoms with Crippen LogP contribution in [0.5, 0.6) is 5.75 Å². The number of hydrogen-bond donors (Lipinski definition) is 2. The number of benzene rings is 1. The van der Waals surface area contributed by atoms with E-state index in [1.165, 1.54) is 13.0 Å². The number of nitrogens with zero attached hydrogens (tertiary/aromatic N) is 3. The molecule has 0 radical (unpaired) electrons. The van der Waals surface area contributed by atoms with E-state index in [-0.39, 0.29) is 17.4 Å². The summed E-state index contributed by atoms with van der Waals surface area (Å²) in [5, 5.41) is 11.3. The summed E-state index contributed by atoms with van der Waals surface area (Å²) in [6, 6.07) is 6.24. The molecule has 0 atom stereocenters. The first kappa shape index (κ1) is 15.5. The maximum Gasteiger partial charge on any atom is 0.387 e. The Balaban J connectivity index is 2.22. The summed E-state index contributed by atoms with van der Waals surface area (Å²) in [5.74, 6) is 0.0474.